The van der Waals surface area contributed by atoms with Crippen molar-refractivity contribution in [1.82, 2.24) is 14.8 Å². The van der Waals surface area contributed by atoms with E-state index in [-0.39, 0.29) is 23.8 Å². The van der Waals surface area contributed by atoms with Crippen LogP contribution in [0.4, 0.5) is 5.13 Å². The molecule has 4 rings (SSSR count). The molecule has 2 amide bonds. The van der Waals surface area contributed by atoms with E-state index in [4.69, 9.17) is 10.5 Å². The van der Waals surface area contributed by atoms with Crippen LogP contribution >= 0.6 is 11.3 Å². The Kier molecular flexibility index (Phi) is 5.40. The number of fused-ring (bicyclic) bond motifs is 3. The van der Waals surface area contributed by atoms with Gasteiger partial charge in [0.05, 0.1) is 19.3 Å². The first-order valence-corrected chi connectivity index (χ1v) is 10.1. The Morgan fingerprint density at radius 1 is 1.18 bits per heavy atom. The van der Waals surface area contributed by atoms with Crippen LogP contribution in [0.15, 0.2) is 41.8 Å². The minimum Gasteiger partial charge on any atom is -0.379 e. The molecule has 2 aromatic rings. The van der Waals surface area contributed by atoms with Gasteiger partial charge in [-0.1, -0.05) is 30.3 Å². The molecule has 0 unspecified atom stereocenters. The standard InChI is InChI=1S/C20H22N4O3S/c21-20-22-17(13-28-20)19(26)24-9-15-8-23(10-16(24)12-27-11-15)18(25)7-6-14-4-2-1-3-5-14/h1-7,13,15-16H,8-12H2,(H2,21,22)/b7-6+/t15-,16-/m0/s1. The molecule has 3 heterocycles. The van der Waals surface area contributed by atoms with Gasteiger partial charge in [-0.15, -0.1) is 11.3 Å². The lowest BCUT2D eigenvalue weighted by Crippen LogP contribution is -2.47. The number of nitrogen functional groups attached to an aromatic ring is 1. The third-order valence-electron chi connectivity index (χ3n) is 5.00. The summed E-state index contributed by atoms with van der Waals surface area (Å²) in [5, 5.41) is 2.05. The maximum atomic E-state index is 12.9. The van der Waals surface area contributed by atoms with Crippen molar-refractivity contribution in [3.63, 3.8) is 0 Å². The lowest BCUT2D eigenvalue weighted by Gasteiger charge is -2.30. The Balaban J connectivity index is 1.50. The van der Waals surface area contributed by atoms with E-state index in [1.807, 2.05) is 41.3 Å². The molecular weight excluding hydrogens is 376 g/mol. The van der Waals surface area contributed by atoms with Gasteiger partial charge in [0.1, 0.15) is 5.69 Å². The highest BCUT2D eigenvalue weighted by molar-refractivity contribution is 7.13. The summed E-state index contributed by atoms with van der Waals surface area (Å²) in [6.45, 7) is 2.50. The first-order chi connectivity index (χ1) is 13.6. The predicted molar refractivity (Wildman–Crippen MR) is 108 cm³/mol. The van der Waals surface area contributed by atoms with Gasteiger partial charge in [0.25, 0.3) is 5.91 Å². The molecule has 2 bridgehead atoms. The smallest absolute Gasteiger partial charge is 0.273 e. The van der Waals surface area contributed by atoms with E-state index < -0.39 is 0 Å². The lowest BCUT2D eigenvalue weighted by atomic mass is 10.1. The van der Waals surface area contributed by atoms with Gasteiger partial charge in [0, 0.05) is 37.0 Å². The molecule has 8 heteroatoms. The minimum atomic E-state index is -0.197. The highest BCUT2D eigenvalue weighted by atomic mass is 32.1. The molecule has 7 nitrogen and oxygen atoms in total. The fourth-order valence-electron chi connectivity index (χ4n) is 3.64. The molecule has 0 saturated carbocycles. The SMILES string of the molecule is Nc1nc(C(=O)N2C[C@H]3COC[C@@H]2CN(C(=O)/C=C/c2ccccc2)C3)cs1. The van der Waals surface area contributed by atoms with E-state index in [1.165, 1.54) is 11.3 Å². The quantitative estimate of drug-likeness (QED) is 0.796. The maximum absolute atomic E-state index is 12.9. The van der Waals surface area contributed by atoms with Gasteiger partial charge in [0.15, 0.2) is 5.13 Å². The summed E-state index contributed by atoms with van der Waals surface area (Å²) < 4.78 is 5.75. The number of carbonyl (C=O) groups is 2. The highest BCUT2D eigenvalue weighted by Gasteiger charge is 2.37. The average molecular weight is 398 g/mol. The van der Waals surface area contributed by atoms with Crippen molar-refractivity contribution in [2.24, 2.45) is 5.92 Å². The third kappa shape index (κ3) is 4.07. The fraction of sp³-hybridized carbons (Fsp3) is 0.350. The van der Waals surface area contributed by atoms with Gasteiger partial charge in [-0.05, 0) is 11.6 Å². The van der Waals surface area contributed by atoms with Crippen LogP contribution in [-0.2, 0) is 9.53 Å². The molecule has 2 N–H and O–H groups in total. The molecule has 2 saturated heterocycles. The number of hydrogen-bond acceptors (Lipinski definition) is 6. The number of aromatic nitrogens is 1. The summed E-state index contributed by atoms with van der Waals surface area (Å²) in [5.41, 5.74) is 7.02. The Bertz CT molecular complexity index is 883. The summed E-state index contributed by atoms with van der Waals surface area (Å²) in [6.07, 6.45) is 3.42. The first-order valence-electron chi connectivity index (χ1n) is 9.22. The molecule has 1 aromatic carbocycles. The Morgan fingerprint density at radius 2 is 2.00 bits per heavy atom. The normalized spacial score (nSPS) is 22.3. The second kappa shape index (κ2) is 8.12. The Labute approximate surface area is 167 Å². The molecular formula is C20H22N4O3S. The lowest BCUT2D eigenvalue weighted by molar-refractivity contribution is -0.127. The fourth-order valence-corrected chi connectivity index (χ4v) is 4.18. The van der Waals surface area contributed by atoms with Crippen molar-refractivity contribution in [1.29, 1.82) is 0 Å². The van der Waals surface area contributed by atoms with E-state index in [0.717, 1.165) is 5.56 Å². The molecule has 0 spiro atoms. The van der Waals surface area contributed by atoms with Crippen LogP contribution in [0, 0.1) is 5.92 Å². The van der Waals surface area contributed by atoms with E-state index in [1.54, 1.807) is 16.4 Å². The van der Waals surface area contributed by atoms with Crippen LogP contribution in [0.2, 0.25) is 0 Å². The van der Waals surface area contributed by atoms with Crippen molar-refractivity contribution in [3.05, 3.63) is 53.0 Å². The van der Waals surface area contributed by atoms with Gasteiger partial charge in [0.2, 0.25) is 5.91 Å². The number of thiazole rings is 1. The molecule has 0 aliphatic carbocycles. The zero-order valence-corrected chi connectivity index (χ0v) is 16.2. The number of nitrogens with zero attached hydrogens (tertiary/aromatic N) is 3. The summed E-state index contributed by atoms with van der Waals surface area (Å²) in [6, 6.07) is 9.52. The molecule has 146 valence electrons. The van der Waals surface area contributed by atoms with E-state index in [0.29, 0.717) is 43.7 Å². The van der Waals surface area contributed by atoms with Gasteiger partial charge in [-0.2, -0.15) is 0 Å². The monoisotopic (exact) mass is 398 g/mol. The van der Waals surface area contributed by atoms with Gasteiger partial charge in [-0.25, -0.2) is 4.98 Å². The number of anilines is 1. The molecule has 1 aromatic heterocycles. The summed E-state index contributed by atoms with van der Waals surface area (Å²) in [7, 11) is 0. The third-order valence-corrected chi connectivity index (χ3v) is 5.67. The number of benzene rings is 1. The van der Waals surface area contributed by atoms with Crippen LogP contribution in [0.3, 0.4) is 0 Å². The van der Waals surface area contributed by atoms with E-state index in [2.05, 4.69) is 4.98 Å². The van der Waals surface area contributed by atoms with Crippen LogP contribution in [0.1, 0.15) is 16.1 Å². The number of hydrogen-bond donors (Lipinski definition) is 1. The van der Waals surface area contributed by atoms with Crippen molar-refractivity contribution in [3.8, 4) is 0 Å². The van der Waals surface area contributed by atoms with Crippen molar-refractivity contribution >= 4 is 34.4 Å². The largest absolute Gasteiger partial charge is 0.379 e. The van der Waals surface area contributed by atoms with Crippen molar-refractivity contribution in [2.45, 2.75) is 6.04 Å². The number of ether oxygens (including phenoxy) is 1. The predicted octanol–water partition coefficient (Wildman–Crippen LogP) is 1.74. The summed E-state index contributed by atoms with van der Waals surface area (Å²) in [4.78, 5) is 33.4. The summed E-state index contributed by atoms with van der Waals surface area (Å²) >= 11 is 1.25. The number of amides is 2. The first kappa shape index (κ1) is 18.6. The molecule has 2 aliphatic heterocycles. The zero-order valence-electron chi connectivity index (χ0n) is 15.4. The van der Waals surface area contributed by atoms with Crippen LogP contribution in [-0.4, -0.2) is 65.5 Å². The van der Waals surface area contributed by atoms with Gasteiger partial charge >= 0.3 is 0 Å². The maximum Gasteiger partial charge on any atom is 0.273 e. The molecule has 2 fully saturated rings. The van der Waals surface area contributed by atoms with Crippen LogP contribution in [0.25, 0.3) is 6.08 Å². The van der Waals surface area contributed by atoms with E-state index in [9.17, 15) is 9.59 Å². The molecule has 2 atom stereocenters. The van der Waals surface area contributed by atoms with Crippen LogP contribution < -0.4 is 5.73 Å². The van der Waals surface area contributed by atoms with Gasteiger partial charge < -0.3 is 20.3 Å². The Morgan fingerprint density at radius 3 is 2.75 bits per heavy atom. The second-order valence-corrected chi connectivity index (χ2v) is 7.96. The number of nitrogens with two attached hydrogens (primary N) is 1. The zero-order chi connectivity index (χ0) is 19.5. The molecule has 0 radical (unpaired) electrons. The second-order valence-electron chi connectivity index (χ2n) is 7.07. The molecule has 2 aliphatic rings. The van der Waals surface area contributed by atoms with Crippen LogP contribution in [0.5, 0.6) is 0 Å². The van der Waals surface area contributed by atoms with Crippen molar-refractivity contribution in [2.75, 3.05) is 38.6 Å². The van der Waals surface area contributed by atoms with E-state index >= 15 is 0 Å². The molecule has 28 heavy (non-hydrogen) atoms. The minimum absolute atomic E-state index is 0.0482. The van der Waals surface area contributed by atoms with Gasteiger partial charge in [-0.3, -0.25) is 9.59 Å². The highest BCUT2D eigenvalue weighted by Crippen LogP contribution is 2.23. The number of rotatable bonds is 3. The topological polar surface area (TPSA) is 88.8 Å². The van der Waals surface area contributed by atoms with Crippen molar-refractivity contribution < 1.29 is 14.3 Å². The number of carbonyl (C=O) groups excluding carboxylic acids is 2. The Hall–Kier alpha value is -2.71. The average Bonchev–Trinajstić information content (AvgIpc) is 2.92. The summed E-state index contributed by atoms with van der Waals surface area (Å²) in [5.74, 6) is -0.128.